The summed E-state index contributed by atoms with van der Waals surface area (Å²) in [5.74, 6) is -6.95. The monoisotopic (exact) mass is 1270 g/mol. The molecule has 2 aromatic heterocycles. The van der Waals surface area contributed by atoms with Crippen LogP contribution in [0.4, 0.5) is 0 Å². The number of ether oxygens (including phenoxy) is 4. The van der Waals surface area contributed by atoms with Crippen LogP contribution in [0.15, 0.2) is 253 Å². The highest BCUT2D eigenvalue weighted by molar-refractivity contribution is 7.15. The smallest absolute Gasteiger partial charge is 0.333 e. The van der Waals surface area contributed by atoms with Crippen LogP contribution in [-0.2, 0) is 75.4 Å². The summed E-state index contributed by atoms with van der Waals surface area (Å²) in [6, 6.07) is 61.4. The van der Waals surface area contributed by atoms with Crippen LogP contribution < -0.4 is 0 Å². The lowest BCUT2D eigenvalue weighted by Crippen LogP contribution is -2.47. The Hall–Kier alpha value is -11.3. The van der Waals surface area contributed by atoms with Crippen molar-refractivity contribution >= 4 is 115 Å². The van der Waals surface area contributed by atoms with E-state index in [0.717, 1.165) is 21.5 Å². The second-order valence-corrected chi connectivity index (χ2v) is 26.1. The number of thiophene rings is 2. The summed E-state index contributed by atoms with van der Waals surface area (Å²) in [4.78, 5) is 123. The summed E-state index contributed by atoms with van der Waals surface area (Å²) >= 11 is 2.37. The van der Waals surface area contributed by atoms with Crippen molar-refractivity contribution < 1.29 is 57.3 Å². The summed E-state index contributed by atoms with van der Waals surface area (Å²) < 4.78 is 25.2. The molecule has 8 aromatic carbocycles. The summed E-state index contributed by atoms with van der Waals surface area (Å²) in [7, 11) is 0. The van der Waals surface area contributed by atoms with Crippen LogP contribution >= 0.6 is 22.7 Å². The van der Waals surface area contributed by atoms with Gasteiger partial charge in [0, 0.05) is 64.7 Å². The molecule has 2 unspecified atom stereocenters. The average Bonchev–Trinajstić information content (AvgIpc) is 1.68. The number of benzene rings is 8. The molecule has 0 saturated carbocycles. The number of carbonyl (C=O) groups is 8. The molecule has 0 fully saturated rings. The fourth-order valence-corrected chi connectivity index (χ4v) is 16.3. The minimum atomic E-state index is -2.30. The highest BCUT2D eigenvalue weighted by atomic mass is 32.1. The van der Waals surface area contributed by atoms with E-state index >= 15 is 19.2 Å². The molecule has 2 heterocycles. The molecule has 16 rings (SSSR count). The van der Waals surface area contributed by atoms with Gasteiger partial charge in [-0.1, -0.05) is 194 Å². The van der Waals surface area contributed by atoms with Gasteiger partial charge in [0.05, 0.1) is 11.1 Å². The topological polar surface area (TPSA) is 173 Å². The minimum Gasteiger partial charge on any atom is -0.459 e. The SMILES string of the molecule is O=C1C(=Cc2cc3c(s2)C2=CC4C=C5C(=CC4C=C2C3(C(=O)OCc2ccccc2)C(=O)OCc2ccccc2)c2sc(C=C3C(=O)c4cc6ccccc6cc4C3=O)cc2C5(C(=O)OCc2ccccc2)C(=O)OCc2ccccc2)C(=O)c2cc3ccccc3cc21. The lowest BCUT2D eigenvalue weighted by molar-refractivity contribution is -0.166. The van der Waals surface area contributed by atoms with E-state index in [4.69, 9.17) is 18.9 Å². The first-order valence-corrected chi connectivity index (χ1v) is 32.2. The van der Waals surface area contributed by atoms with E-state index in [2.05, 4.69) is 0 Å². The molecule has 10 aromatic rings. The zero-order valence-corrected chi connectivity index (χ0v) is 51.4. The Balaban J connectivity index is 0.871. The first kappa shape index (κ1) is 57.8. The number of rotatable bonds is 14. The third kappa shape index (κ3) is 9.30. The van der Waals surface area contributed by atoms with E-state index < -0.39 is 69.7 Å². The summed E-state index contributed by atoms with van der Waals surface area (Å²) in [5.41, 5.74) is 0.799. The van der Waals surface area contributed by atoms with Gasteiger partial charge in [0.25, 0.3) is 0 Å². The number of allylic oxidation sites excluding steroid dienone is 8. The summed E-state index contributed by atoms with van der Waals surface area (Å²) in [6.45, 7) is -0.847. The predicted octanol–water partition coefficient (Wildman–Crippen LogP) is 15.1. The van der Waals surface area contributed by atoms with E-state index in [0.29, 0.717) is 52.9 Å². The van der Waals surface area contributed by atoms with Gasteiger partial charge in [-0.25, -0.2) is 0 Å². The Morgan fingerprint density at radius 1 is 0.351 bits per heavy atom. The molecule has 6 aliphatic rings. The van der Waals surface area contributed by atoms with E-state index in [1.54, 1.807) is 84.9 Å². The van der Waals surface area contributed by atoms with Gasteiger partial charge < -0.3 is 18.9 Å². The van der Waals surface area contributed by atoms with Gasteiger partial charge in [-0.05, 0) is 115 Å². The first-order chi connectivity index (χ1) is 45.9. The molecule has 0 amide bonds. The molecule has 0 N–H and O–H groups in total. The Bertz CT molecular complexity index is 4640. The first-order valence-electron chi connectivity index (χ1n) is 30.6. The highest BCUT2D eigenvalue weighted by Gasteiger charge is 2.64. The molecule has 94 heavy (non-hydrogen) atoms. The van der Waals surface area contributed by atoms with Crippen molar-refractivity contribution in [2.24, 2.45) is 11.8 Å². The van der Waals surface area contributed by atoms with Crippen LogP contribution in [0.5, 0.6) is 0 Å². The maximum Gasteiger partial charge on any atom is 0.333 e. The summed E-state index contributed by atoms with van der Waals surface area (Å²) in [5, 5.41) is 3.18. The number of fused-ring (bicyclic) bond motifs is 11. The van der Waals surface area contributed by atoms with Gasteiger partial charge >= 0.3 is 23.9 Å². The largest absolute Gasteiger partial charge is 0.459 e. The zero-order valence-electron chi connectivity index (χ0n) is 49.8. The molecule has 0 aliphatic heterocycles. The second kappa shape index (κ2) is 22.8. The fraction of sp³-hybridized carbons (Fsp3) is 0.100. The Kier molecular flexibility index (Phi) is 14.0. The van der Waals surface area contributed by atoms with Crippen molar-refractivity contribution in [3.63, 3.8) is 0 Å². The molecule has 6 aliphatic carbocycles. The second-order valence-electron chi connectivity index (χ2n) is 23.9. The van der Waals surface area contributed by atoms with Gasteiger partial charge in [-0.2, -0.15) is 0 Å². The van der Waals surface area contributed by atoms with Crippen molar-refractivity contribution in [3.8, 4) is 0 Å². The van der Waals surface area contributed by atoms with Crippen molar-refractivity contribution in [3.05, 3.63) is 328 Å². The molecule has 14 heteroatoms. The Morgan fingerprint density at radius 2 is 0.617 bits per heavy atom. The normalized spacial score (nSPS) is 17.3. The van der Waals surface area contributed by atoms with Crippen LogP contribution in [0.3, 0.4) is 0 Å². The zero-order chi connectivity index (χ0) is 64.0. The van der Waals surface area contributed by atoms with Crippen molar-refractivity contribution in [2.75, 3.05) is 0 Å². The van der Waals surface area contributed by atoms with Gasteiger partial charge in [-0.15, -0.1) is 22.7 Å². The molecule has 0 radical (unpaired) electrons. The Morgan fingerprint density at radius 3 is 0.894 bits per heavy atom. The maximum absolute atomic E-state index is 15.8. The Labute approximate surface area is 545 Å². The number of hydrogen-bond acceptors (Lipinski definition) is 14. The third-order valence-electron chi connectivity index (χ3n) is 18.4. The van der Waals surface area contributed by atoms with E-state index in [1.165, 1.54) is 34.8 Å². The molecule has 0 saturated heterocycles. The van der Waals surface area contributed by atoms with E-state index in [9.17, 15) is 19.2 Å². The highest BCUT2D eigenvalue weighted by Crippen LogP contribution is 2.62. The molecule has 12 nitrogen and oxygen atoms in total. The molecular formula is C80H50O12S2. The minimum absolute atomic E-state index is 0.0832. The predicted molar refractivity (Wildman–Crippen MR) is 357 cm³/mol. The molecule has 0 spiro atoms. The van der Waals surface area contributed by atoms with Crippen LogP contribution in [0, 0.1) is 11.8 Å². The number of Topliss-reactive ketones (excluding diaryl/α,β-unsaturated/α-hetero) is 4. The lowest BCUT2D eigenvalue weighted by atomic mass is 9.68. The van der Waals surface area contributed by atoms with Crippen molar-refractivity contribution in [2.45, 2.75) is 37.3 Å². The number of ketones is 4. The third-order valence-corrected chi connectivity index (χ3v) is 20.7. The van der Waals surface area contributed by atoms with E-state index in [-0.39, 0.29) is 82.1 Å². The maximum atomic E-state index is 15.8. The number of carbonyl (C=O) groups excluding carboxylic acids is 8. The van der Waals surface area contributed by atoms with Crippen LogP contribution in [0.1, 0.15) is 94.3 Å². The van der Waals surface area contributed by atoms with Gasteiger partial charge in [0.1, 0.15) is 26.4 Å². The molecule has 0 bridgehead atoms. The number of esters is 4. The number of hydrogen-bond donors (Lipinski definition) is 0. The molecule has 454 valence electrons. The summed E-state index contributed by atoms with van der Waals surface area (Å²) in [6.07, 6.45) is 10.5. The van der Waals surface area contributed by atoms with Crippen LogP contribution in [0.25, 0.3) is 44.8 Å². The van der Waals surface area contributed by atoms with Crippen molar-refractivity contribution in [1.82, 2.24) is 0 Å². The quantitative estimate of drug-likeness (QED) is 0.0332. The van der Waals surface area contributed by atoms with Crippen molar-refractivity contribution in [1.29, 1.82) is 0 Å². The standard InChI is InChI=1S/C80H50O12S2/c81-69-57-29-49-25-13-14-26-50(49)30-58(57)70(82)63(69)37-55-39-67-73(93-55)61-33-54-36-66-62(34-53(54)35-65(61)79(67,75(85)89-41-45-17-5-1-6-18-45)76(86)90-42-46-19-7-2-8-20-46)74-68(40-56(94-74)38-64-71(83)59-31-51-27-15-16-28-52(51)32-60(59)72(64)84)80(66,77(87)91-43-47-21-9-3-10-22-47)78(88)92-44-48-23-11-4-12-24-48/h1-40,53-54H,41-44H2. The molecular weight excluding hydrogens is 1220 g/mol. The van der Waals surface area contributed by atoms with E-state index in [1.807, 2.05) is 146 Å². The average molecular weight is 1270 g/mol. The van der Waals surface area contributed by atoms with Crippen LogP contribution in [0.2, 0.25) is 0 Å². The van der Waals surface area contributed by atoms with Gasteiger partial charge in [0.15, 0.2) is 23.1 Å². The fourth-order valence-electron chi connectivity index (χ4n) is 13.9. The van der Waals surface area contributed by atoms with Gasteiger partial charge in [-0.3, -0.25) is 38.4 Å². The molecule has 2 atom stereocenters. The lowest BCUT2D eigenvalue weighted by Gasteiger charge is -2.35. The van der Waals surface area contributed by atoms with Crippen LogP contribution in [-0.4, -0.2) is 47.0 Å². The van der Waals surface area contributed by atoms with Gasteiger partial charge in [0.2, 0.25) is 10.8 Å².